The van der Waals surface area contributed by atoms with E-state index in [9.17, 15) is 0 Å². The maximum absolute atomic E-state index is 6.53. The van der Waals surface area contributed by atoms with Gasteiger partial charge in [-0.15, -0.1) is 0 Å². The minimum absolute atomic E-state index is 0.113. The average Bonchev–Trinajstić information content (AvgIpc) is 2.89. The second-order valence-electron chi connectivity index (χ2n) is 8.06. The van der Waals surface area contributed by atoms with Gasteiger partial charge in [-0.05, 0) is 42.3 Å². The predicted octanol–water partition coefficient (Wildman–Crippen LogP) is 4.80. The van der Waals surface area contributed by atoms with Gasteiger partial charge in [-0.2, -0.15) is 0 Å². The minimum Gasteiger partial charge on any atom is -0.343 e. The van der Waals surface area contributed by atoms with Crippen molar-refractivity contribution in [3.8, 4) is 0 Å². The summed E-state index contributed by atoms with van der Waals surface area (Å²) in [5.41, 5.74) is 7.38. The third-order valence-corrected chi connectivity index (χ3v) is 6.36. The van der Waals surface area contributed by atoms with E-state index in [0.29, 0.717) is 0 Å². The molecular formula is C22H23ClN2. The van der Waals surface area contributed by atoms with E-state index in [0.717, 1.165) is 37.5 Å². The fourth-order valence-corrected chi connectivity index (χ4v) is 5.17. The van der Waals surface area contributed by atoms with Gasteiger partial charge in [0, 0.05) is 47.6 Å². The lowest BCUT2D eigenvalue weighted by molar-refractivity contribution is 0.303. The molecule has 0 bridgehead atoms. The lowest BCUT2D eigenvalue weighted by Gasteiger charge is -2.37. The Bertz CT molecular complexity index is 973. The summed E-state index contributed by atoms with van der Waals surface area (Å²) in [6.45, 7) is 5.62. The van der Waals surface area contributed by atoms with Crippen molar-refractivity contribution in [1.82, 2.24) is 9.47 Å². The Morgan fingerprint density at radius 1 is 1.12 bits per heavy atom. The summed E-state index contributed by atoms with van der Waals surface area (Å²) in [6, 6.07) is 15.3. The lowest BCUT2D eigenvalue weighted by Crippen LogP contribution is -2.36. The highest BCUT2D eigenvalue weighted by atomic mass is 35.5. The molecule has 0 radical (unpaired) electrons. The number of benzene rings is 2. The lowest BCUT2D eigenvalue weighted by atomic mass is 9.75. The molecule has 128 valence electrons. The van der Waals surface area contributed by atoms with Crippen LogP contribution in [-0.4, -0.2) is 23.1 Å². The van der Waals surface area contributed by atoms with Gasteiger partial charge in [0.15, 0.2) is 0 Å². The molecule has 0 saturated heterocycles. The fraction of sp³-hybridized carbons (Fsp3) is 0.364. The molecule has 2 aromatic carbocycles. The van der Waals surface area contributed by atoms with Crippen molar-refractivity contribution in [2.45, 2.75) is 38.3 Å². The van der Waals surface area contributed by atoms with Crippen molar-refractivity contribution < 1.29 is 0 Å². The standard InChI is InChI=1S/C22H23ClN2/c1-22(16-6-4-3-5-7-16)12-15-10-17(23)11-18-19-13-24(2)9-8-20(19)25(14-22)21(15)18/h3-7,10-11H,8-9,12-14H2,1-2H3. The predicted molar refractivity (Wildman–Crippen MR) is 104 cm³/mol. The van der Waals surface area contributed by atoms with Crippen molar-refractivity contribution in [3.63, 3.8) is 0 Å². The molecular weight excluding hydrogens is 328 g/mol. The Kier molecular flexibility index (Phi) is 3.32. The van der Waals surface area contributed by atoms with Crippen LogP contribution >= 0.6 is 11.6 Å². The van der Waals surface area contributed by atoms with Crippen LogP contribution in [0.1, 0.15) is 29.3 Å². The maximum Gasteiger partial charge on any atom is 0.0520 e. The van der Waals surface area contributed by atoms with E-state index in [4.69, 9.17) is 11.6 Å². The summed E-state index contributed by atoms with van der Waals surface area (Å²) in [7, 11) is 2.21. The molecule has 0 amide bonds. The van der Waals surface area contributed by atoms with Gasteiger partial charge in [-0.1, -0.05) is 48.9 Å². The fourth-order valence-electron chi connectivity index (χ4n) is 4.93. The second kappa shape index (κ2) is 5.36. The quantitative estimate of drug-likeness (QED) is 0.612. The number of halogens is 1. The van der Waals surface area contributed by atoms with Crippen LogP contribution in [-0.2, 0) is 31.3 Å². The summed E-state index contributed by atoms with van der Waals surface area (Å²) in [6.07, 6.45) is 2.18. The molecule has 0 saturated carbocycles. The van der Waals surface area contributed by atoms with E-state index in [1.165, 1.54) is 33.3 Å². The highest BCUT2D eigenvalue weighted by Gasteiger charge is 2.36. The highest BCUT2D eigenvalue weighted by molar-refractivity contribution is 6.31. The van der Waals surface area contributed by atoms with Crippen molar-refractivity contribution in [1.29, 1.82) is 0 Å². The van der Waals surface area contributed by atoms with Crippen LogP contribution in [0, 0.1) is 0 Å². The molecule has 0 spiro atoms. The summed E-state index contributed by atoms with van der Waals surface area (Å²) < 4.78 is 2.61. The van der Waals surface area contributed by atoms with Crippen LogP contribution < -0.4 is 0 Å². The van der Waals surface area contributed by atoms with Crippen molar-refractivity contribution in [3.05, 3.63) is 69.9 Å². The third kappa shape index (κ3) is 2.28. The van der Waals surface area contributed by atoms with E-state index < -0.39 is 0 Å². The van der Waals surface area contributed by atoms with Gasteiger partial charge in [0.25, 0.3) is 0 Å². The van der Waals surface area contributed by atoms with Gasteiger partial charge in [0.2, 0.25) is 0 Å². The molecule has 5 rings (SSSR count). The highest BCUT2D eigenvalue weighted by Crippen LogP contribution is 2.43. The number of hydrogen-bond acceptors (Lipinski definition) is 1. The zero-order chi connectivity index (χ0) is 17.2. The zero-order valence-corrected chi connectivity index (χ0v) is 15.6. The van der Waals surface area contributed by atoms with Gasteiger partial charge >= 0.3 is 0 Å². The Morgan fingerprint density at radius 3 is 2.72 bits per heavy atom. The first kappa shape index (κ1) is 15.5. The molecule has 2 aliphatic heterocycles. The summed E-state index contributed by atoms with van der Waals surface area (Å²) in [4.78, 5) is 2.42. The van der Waals surface area contributed by atoms with E-state index >= 15 is 0 Å². The van der Waals surface area contributed by atoms with Gasteiger partial charge in [-0.3, -0.25) is 0 Å². The van der Waals surface area contributed by atoms with Crippen LogP contribution in [0.2, 0.25) is 5.02 Å². The monoisotopic (exact) mass is 350 g/mol. The smallest absolute Gasteiger partial charge is 0.0520 e. The Balaban J connectivity index is 1.76. The normalized spacial score (nSPS) is 23.0. The third-order valence-electron chi connectivity index (χ3n) is 6.14. The number of fused-ring (bicyclic) bond motifs is 3. The molecule has 2 nitrogen and oxygen atoms in total. The van der Waals surface area contributed by atoms with Crippen LogP contribution in [0.5, 0.6) is 0 Å². The molecule has 2 aliphatic rings. The summed E-state index contributed by atoms with van der Waals surface area (Å²) in [5, 5.41) is 2.24. The number of aromatic nitrogens is 1. The Hall–Kier alpha value is -1.77. The van der Waals surface area contributed by atoms with Gasteiger partial charge < -0.3 is 9.47 Å². The second-order valence-corrected chi connectivity index (χ2v) is 8.50. The van der Waals surface area contributed by atoms with Crippen molar-refractivity contribution >= 4 is 22.5 Å². The van der Waals surface area contributed by atoms with Crippen LogP contribution in [0.15, 0.2) is 42.5 Å². The molecule has 3 heteroatoms. The molecule has 1 unspecified atom stereocenters. The minimum atomic E-state index is 0.113. The molecule has 3 heterocycles. The number of rotatable bonds is 1. The SMILES string of the molecule is CN1CCc2c(c3cc(Cl)cc4c3n2CC(C)(c2ccccc2)C4)C1. The Labute approximate surface area is 154 Å². The maximum atomic E-state index is 6.53. The molecule has 3 aromatic rings. The molecule has 0 fully saturated rings. The van der Waals surface area contributed by atoms with E-state index in [1.54, 1.807) is 0 Å². The van der Waals surface area contributed by atoms with E-state index in [-0.39, 0.29) is 5.41 Å². The largest absolute Gasteiger partial charge is 0.343 e. The first-order chi connectivity index (χ1) is 12.0. The molecule has 25 heavy (non-hydrogen) atoms. The average molecular weight is 351 g/mol. The van der Waals surface area contributed by atoms with Gasteiger partial charge in [0.1, 0.15) is 0 Å². The van der Waals surface area contributed by atoms with Crippen molar-refractivity contribution in [2.75, 3.05) is 13.6 Å². The number of nitrogens with zero attached hydrogens (tertiary/aromatic N) is 2. The number of likely N-dealkylation sites (N-methyl/N-ethyl adjacent to an activating group) is 1. The van der Waals surface area contributed by atoms with Crippen molar-refractivity contribution in [2.24, 2.45) is 0 Å². The van der Waals surface area contributed by atoms with E-state index in [1.807, 2.05) is 0 Å². The van der Waals surface area contributed by atoms with Gasteiger partial charge in [-0.25, -0.2) is 0 Å². The van der Waals surface area contributed by atoms with Gasteiger partial charge in [0.05, 0.1) is 5.52 Å². The zero-order valence-electron chi connectivity index (χ0n) is 14.8. The molecule has 1 aromatic heterocycles. The molecule has 0 aliphatic carbocycles. The summed E-state index contributed by atoms with van der Waals surface area (Å²) in [5.74, 6) is 0. The molecule has 0 N–H and O–H groups in total. The molecule has 1 atom stereocenters. The van der Waals surface area contributed by atoms with Crippen LogP contribution in [0.25, 0.3) is 10.9 Å². The number of hydrogen-bond donors (Lipinski definition) is 0. The topological polar surface area (TPSA) is 8.17 Å². The van der Waals surface area contributed by atoms with Crippen LogP contribution in [0.3, 0.4) is 0 Å². The first-order valence-electron chi connectivity index (χ1n) is 9.12. The van der Waals surface area contributed by atoms with Crippen LogP contribution in [0.4, 0.5) is 0 Å². The van der Waals surface area contributed by atoms with E-state index in [2.05, 4.69) is 65.9 Å². The first-order valence-corrected chi connectivity index (χ1v) is 9.49. The summed E-state index contributed by atoms with van der Waals surface area (Å²) >= 11 is 6.53. The Morgan fingerprint density at radius 2 is 1.92 bits per heavy atom.